The van der Waals surface area contributed by atoms with E-state index in [-0.39, 0.29) is 24.0 Å². The van der Waals surface area contributed by atoms with Crippen molar-refractivity contribution in [2.24, 2.45) is 11.8 Å². The minimum atomic E-state index is -0.355. The van der Waals surface area contributed by atoms with Crippen LogP contribution in [-0.4, -0.2) is 36.2 Å². The number of hydrogen-bond acceptors (Lipinski definition) is 3. The topological polar surface area (TPSA) is 61.4 Å². The van der Waals surface area contributed by atoms with Gasteiger partial charge in [-0.3, -0.25) is 4.79 Å². The molecule has 1 aliphatic heterocycles. The van der Waals surface area contributed by atoms with Crippen LogP contribution in [0.1, 0.15) is 45.4 Å². The van der Waals surface area contributed by atoms with Gasteiger partial charge in [0.05, 0.1) is 18.1 Å². The normalized spacial score (nSPS) is 37.2. The van der Waals surface area contributed by atoms with E-state index in [1.54, 1.807) is 0 Å². The Morgan fingerprint density at radius 1 is 1.44 bits per heavy atom. The first kappa shape index (κ1) is 13.8. The highest BCUT2D eigenvalue weighted by molar-refractivity contribution is 5.79. The third-order valence-corrected chi connectivity index (χ3v) is 4.45. The van der Waals surface area contributed by atoms with E-state index in [1.165, 1.54) is 6.42 Å². The SMILES string of the molecule is CC1CCCC(CO)(NC(=O)[C@H]2CCCNC2)C1. The molecule has 1 amide bonds. The number of amides is 1. The van der Waals surface area contributed by atoms with Crippen LogP contribution in [0, 0.1) is 11.8 Å². The van der Waals surface area contributed by atoms with Gasteiger partial charge in [0.15, 0.2) is 0 Å². The molecule has 0 spiro atoms. The summed E-state index contributed by atoms with van der Waals surface area (Å²) < 4.78 is 0. The molecule has 1 aliphatic carbocycles. The van der Waals surface area contributed by atoms with Gasteiger partial charge in [0.2, 0.25) is 5.91 Å². The Bertz CT molecular complexity index is 290. The fraction of sp³-hybridized carbons (Fsp3) is 0.929. The molecule has 0 radical (unpaired) electrons. The molecule has 0 aromatic heterocycles. The van der Waals surface area contributed by atoms with Gasteiger partial charge in [-0.1, -0.05) is 19.8 Å². The van der Waals surface area contributed by atoms with Gasteiger partial charge in [0.1, 0.15) is 0 Å². The lowest BCUT2D eigenvalue weighted by molar-refractivity contribution is -0.128. The van der Waals surface area contributed by atoms with E-state index < -0.39 is 0 Å². The second kappa shape index (κ2) is 6.02. The molecule has 18 heavy (non-hydrogen) atoms. The van der Waals surface area contributed by atoms with Crippen LogP contribution in [0.2, 0.25) is 0 Å². The predicted octanol–water partition coefficient (Wildman–Crippen LogP) is 1.04. The number of hydrogen-bond donors (Lipinski definition) is 3. The van der Waals surface area contributed by atoms with Gasteiger partial charge in [0, 0.05) is 6.54 Å². The van der Waals surface area contributed by atoms with Crippen LogP contribution in [0.3, 0.4) is 0 Å². The van der Waals surface area contributed by atoms with E-state index in [9.17, 15) is 9.90 Å². The number of piperidine rings is 1. The Kier molecular flexibility index (Phi) is 4.62. The van der Waals surface area contributed by atoms with Crippen molar-refractivity contribution in [2.45, 2.75) is 51.0 Å². The summed E-state index contributed by atoms with van der Waals surface area (Å²) >= 11 is 0. The van der Waals surface area contributed by atoms with Gasteiger partial charge in [-0.05, 0) is 38.1 Å². The molecule has 3 atom stereocenters. The maximum atomic E-state index is 12.3. The first-order valence-corrected chi connectivity index (χ1v) is 7.29. The molecule has 2 unspecified atom stereocenters. The minimum Gasteiger partial charge on any atom is -0.394 e. The standard InChI is InChI=1S/C14H26N2O2/c1-11-4-2-6-14(8-11,10-17)16-13(18)12-5-3-7-15-9-12/h11-12,15,17H,2-10H2,1H3,(H,16,18)/t11?,12-,14?/m0/s1. The second-order valence-electron chi connectivity index (χ2n) is 6.17. The van der Waals surface area contributed by atoms with Crippen molar-refractivity contribution in [2.75, 3.05) is 19.7 Å². The van der Waals surface area contributed by atoms with Gasteiger partial charge in [-0.2, -0.15) is 0 Å². The number of carbonyl (C=O) groups excluding carboxylic acids is 1. The molecule has 1 saturated carbocycles. The molecule has 3 N–H and O–H groups in total. The molecular weight excluding hydrogens is 228 g/mol. The smallest absolute Gasteiger partial charge is 0.224 e. The van der Waals surface area contributed by atoms with E-state index in [1.807, 2.05) is 0 Å². The second-order valence-corrected chi connectivity index (χ2v) is 6.17. The molecule has 2 fully saturated rings. The Morgan fingerprint density at radius 2 is 2.28 bits per heavy atom. The molecule has 0 aromatic rings. The van der Waals surface area contributed by atoms with Gasteiger partial charge in [-0.25, -0.2) is 0 Å². The molecule has 0 bridgehead atoms. The summed E-state index contributed by atoms with van der Waals surface area (Å²) in [5.41, 5.74) is -0.355. The van der Waals surface area contributed by atoms with Gasteiger partial charge in [-0.15, -0.1) is 0 Å². The zero-order valence-corrected chi connectivity index (χ0v) is 11.4. The highest BCUT2D eigenvalue weighted by Crippen LogP contribution is 2.32. The largest absolute Gasteiger partial charge is 0.394 e. The molecular formula is C14H26N2O2. The first-order chi connectivity index (χ1) is 8.65. The number of aliphatic hydroxyl groups excluding tert-OH is 1. The van der Waals surface area contributed by atoms with Crippen molar-refractivity contribution in [3.05, 3.63) is 0 Å². The minimum absolute atomic E-state index is 0.0726. The molecule has 1 saturated heterocycles. The summed E-state index contributed by atoms with van der Waals surface area (Å²) in [4.78, 5) is 12.3. The van der Waals surface area contributed by atoms with E-state index in [2.05, 4.69) is 17.6 Å². The molecule has 4 heteroatoms. The van der Waals surface area contributed by atoms with Gasteiger partial charge >= 0.3 is 0 Å². The van der Waals surface area contributed by atoms with Crippen LogP contribution in [0.15, 0.2) is 0 Å². The first-order valence-electron chi connectivity index (χ1n) is 7.29. The lowest BCUT2D eigenvalue weighted by Gasteiger charge is -2.40. The van der Waals surface area contributed by atoms with Crippen molar-refractivity contribution < 1.29 is 9.90 Å². The lowest BCUT2D eigenvalue weighted by Crippen LogP contribution is -2.56. The molecule has 2 rings (SSSR count). The lowest BCUT2D eigenvalue weighted by atomic mass is 9.76. The molecule has 4 nitrogen and oxygen atoms in total. The number of nitrogens with one attached hydrogen (secondary N) is 2. The van der Waals surface area contributed by atoms with Crippen molar-refractivity contribution in [3.63, 3.8) is 0 Å². The van der Waals surface area contributed by atoms with Crippen molar-refractivity contribution in [3.8, 4) is 0 Å². The maximum absolute atomic E-state index is 12.3. The van der Waals surface area contributed by atoms with Crippen molar-refractivity contribution >= 4 is 5.91 Å². The highest BCUT2D eigenvalue weighted by atomic mass is 16.3. The summed E-state index contributed by atoms with van der Waals surface area (Å²) in [5.74, 6) is 0.806. The highest BCUT2D eigenvalue weighted by Gasteiger charge is 2.37. The van der Waals surface area contributed by atoms with Crippen LogP contribution in [0.5, 0.6) is 0 Å². The quantitative estimate of drug-likeness (QED) is 0.705. The Labute approximate surface area is 110 Å². The Balaban J connectivity index is 1.94. The summed E-state index contributed by atoms with van der Waals surface area (Å²) in [6, 6.07) is 0. The fourth-order valence-corrected chi connectivity index (χ4v) is 3.40. The van der Waals surface area contributed by atoms with E-state index in [0.717, 1.165) is 45.2 Å². The van der Waals surface area contributed by atoms with Crippen molar-refractivity contribution in [1.82, 2.24) is 10.6 Å². The average Bonchev–Trinajstić information content (AvgIpc) is 2.39. The number of aliphatic hydroxyl groups is 1. The third-order valence-electron chi connectivity index (χ3n) is 4.45. The summed E-state index contributed by atoms with van der Waals surface area (Å²) in [6.07, 6.45) is 6.18. The predicted molar refractivity (Wildman–Crippen MR) is 71.2 cm³/mol. The van der Waals surface area contributed by atoms with E-state index >= 15 is 0 Å². The molecule has 2 aliphatic rings. The zero-order valence-electron chi connectivity index (χ0n) is 11.4. The van der Waals surface area contributed by atoms with Crippen molar-refractivity contribution in [1.29, 1.82) is 0 Å². The van der Waals surface area contributed by atoms with Crippen LogP contribution in [0.4, 0.5) is 0 Å². The summed E-state index contributed by atoms with van der Waals surface area (Å²) in [7, 11) is 0. The Hall–Kier alpha value is -0.610. The van der Waals surface area contributed by atoms with Gasteiger partial charge < -0.3 is 15.7 Å². The molecule has 1 heterocycles. The van der Waals surface area contributed by atoms with E-state index in [0.29, 0.717) is 5.92 Å². The average molecular weight is 254 g/mol. The Morgan fingerprint density at radius 3 is 2.89 bits per heavy atom. The van der Waals surface area contributed by atoms with Crippen LogP contribution in [0.25, 0.3) is 0 Å². The monoisotopic (exact) mass is 254 g/mol. The van der Waals surface area contributed by atoms with Crippen LogP contribution >= 0.6 is 0 Å². The molecule has 104 valence electrons. The zero-order chi connectivity index (χ0) is 13.0. The number of carbonyl (C=O) groups is 1. The maximum Gasteiger partial charge on any atom is 0.224 e. The van der Waals surface area contributed by atoms with Crippen LogP contribution < -0.4 is 10.6 Å². The van der Waals surface area contributed by atoms with E-state index in [4.69, 9.17) is 0 Å². The fourth-order valence-electron chi connectivity index (χ4n) is 3.40. The summed E-state index contributed by atoms with van der Waals surface area (Å²) in [6.45, 7) is 4.08. The summed E-state index contributed by atoms with van der Waals surface area (Å²) in [5, 5.41) is 16.1. The van der Waals surface area contributed by atoms with Gasteiger partial charge in [0.25, 0.3) is 0 Å². The number of rotatable bonds is 3. The third kappa shape index (κ3) is 3.23. The molecule has 0 aromatic carbocycles. The van der Waals surface area contributed by atoms with Crippen LogP contribution in [-0.2, 0) is 4.79 Å².